The molecule has 0 unspecified atom stereocenters. The average Bonchev–Trinajstić information content (AvgIpc) is 2.88. The van der Waals surface area contributed by atoms with Crippen molar-refractivity contribution in [1.82, 2.24) is 5.06 Å². The van der Waals surface area contributed by atoms with Crippen LogP contribution in [0.25, 0.3) is 0 Å². The fourth-order valence-electron chi connectivity index (χ4n) is 2.44. The molecule has 0 bridgehead atoms. The number of carbonyl (C=O) groups excluding carboxylic acids is 1. The van der Waals surface area contributed by atoms with E-state index in [4.69, 9.17) is 14.3 Å². The third-order valence-corrected chi connectivity index (χ3v) is 3.49. The SMILES string of the molecule is CC.CON(C)C(=O)C1CCC2(CC1)OCCO2. The minimum Gasteiger partial charge on any atom is -0.348 e. The van der Waals surface area contributed by atoms with Crippen molar-refractivity contribution in [3.8, 4) is 0 Å². The summed E-state index contributed by atoms with van der Waals surface area (Å²) < 4.78 is 11.2. The fraction of sp³-hybridized carbons (Fsp3) is 0.923. The number of ether oxygens (including phenoxy) is 2. The molecule has 0 N–H and O–H groups in total. The molecule has 5 nitrogen and oxygen atoms in total. The first-order chi connectivity index (χ1) is 8.67. The number of hydroxylamine groups is 2. The van der Waals surface area contributed by atoms with Crippen molar-refractivity contribution < 1.29 is 19.1 Å². The van der Waals surface area contributed by atoms with Gasteiger partial charge in [-0.3, -0.25) is 9.63 Å². The van der Waals surface area contributed by atoms with Crippen molar-refractivity contribution >= 4 is 5.91 Å². The van der Waals surface area contributed by atoms with Crippen molar-refractivity contribution in [2.75, 3.05) is 27.4 Å². The lowest BCUT2D eigenvalue weighted by Gasteiger charge is -2.35. The van der Waals surface area contributed by atoms with Gasteiger partial charge in [-0.2, -0.15) is 0 Å². The van der Waals surface area contributed by atoms with Gasteiger partial charge < -0.3 is 9.47 Å². The molecule has 0 aromatic heterocycles. The van der Waals surface area contributed by atoms with Crippen LogP contribution in [0.15, 0.2) is 0 Å². The average molecular weight is 259 g/mol. The lowest BCUT2D eigenvalue weighted by molar-refractivity contribution is -0.194. The molecule has 0 atom stereocenters. The first-order valence-electron chi connectivity index (χ1n) is 6.76. The predicted octanol–water partition coefficient (Wildman–Crippen LogP) is 1.97. The Labute approximate surface area is 109 Å². The Balaban J connectivity index is 0.000000771. The van der Waals surface area contributed by atoms with Crippen LogP contribution in [0.4, 0.5) is 0 Å². The molecule has 0 aromatic carbocycles. The van der Waals surface area contributed by atoms with E-state index in [0.29, 0.717) is 13.2 Å². The van der Waals surface area contributed by atoms with Gasteiger partial charge in [0.05, 0.1) is 20.3 Å². The largest absolute Gasteiger partial charge is 0.348 e. The number of nitrogens with zero attached hydrogens (tertiary/aromatic N) is 1. The first-order valence-corrected chi connectivity index (χ1v) is 6.76. The zero-order chi connectivity index (χ0) is 13.6. The van der Waals surface area contributed by atoms with E-state index in [0.717, 1.165) is 25.7 Å². The molecule has 1 saturated carbocycles. The molecule has 0 radical (unpaired) electrons. The summed E-state index contributed by atoms with van der Waals surface area (Å²) in [5.41, 5.74) is 0. The summed E-state index contributed by atoms with van der Waals surface area (Å²) in [7, 11) is 3.15. The Morgan fingerprint density at radius 1 is 1.22 bits per heavy atom. The standard InChI is InChI=1S/C11H19NO4.C2H6/c1-12(14-2)10(13)9-3-5-11(6-4-9)15-7-8-16-11;1-2/h9H,3-8H2,1-2H3;1-2H3. The lowest BCUT2D eigenvalue weighted by atomic mass is 9.84. The second-order valence-electron chi connectivity index (χ2n) is 4.40. The van der Waals surface area contributed by atoms with Crippen molar-refractivity contribution in [2.45, 2.75) is 45.3 Å². The van der Waals surface area contributed by atoms with Gasteiger partial charge in [0.25, 0.3) is 0 Å². The van der Waals surface area contributed by atoms with E-state index < -0.39 is 0 Å². The molecular formula is C13H25NO4. The van der Waals surface area contributed by atoms with Crippen molar-refractivity contribution in [1.29, 1.82) is 0 Å². The molecule has 1 spiro atoms. The van der Waals surface area contributed by atoms with Gasteiger partial charge in [0.2, 0.25) is 5.91 Å². The van der Waals surface area contributed by atoms with Crippen LogP contribution >= 0.6 is 0 Å². The van der Waals surface area contributed by atoms with Gasteiger partial charge in [0, 0.05) is 25.8 Å². The van der Waals surface area contributed by atoms with E-state index in [-0.39, 0.29) is 17.6 Å². The minimum atomic E-state index is -0.386. The molecule has 2 rings (SSSR count). The maximum Gasteiger partial charge on any atom is 0.248 e. The molecule has 2 aliphatic rings. The topological polar surface area (TPSA) is 48.0 Å². The Bertz CT molecular complexity index is 254. The highest BCUT2D eigenvalue weighted by Crippen LogP contribution is 2.38. The predicted molar refractivity (Wildman–Crippen MR) is 67.7 cm³/mol. The van der Waals surface area contributed by atoms with Crippen molar-refractivity contribution in [2.24, 2.45) is 5.92 Å². The minimum absolute atomic E-state index is 0.0448. The Hall–Kier alpha value is -0.650. The van der Waals surface area contributed by atoms with Gasteiger partial charge in [0.1, 0.15) is 0 Å². The van der Waals surface area contributed by atoms with Crippen LogP contribution in [-0.4, -0.2) is 44.1 Å². The second kappa shape index (κ2) is 7.07. The molecule has 106 valence electrons. The van der Waals surface area contributed by atoms with Crippen LogP contribution < -0.4 is 0 Å². The van der Waals surface area contributed by atoms with Crippen molar-refractivity contribution in [3.63, 3.8) is 0 Å². The van der Waals surface area contributed by atoms with Gasteiger partial charge >= 0.3 is 0 Å². The van der Waals surface area contributed by atoms with Gasteiger partial charge in [-0.05, 0) is 12.8 Å². The third kappa shape index (κ3) is 3.43. The molecule has 1 aliphatic heterocycles. The number of rotatable bonds is 2. The quantitative estimate of drug-likeness (QED) is 0.711. The number of hydrogen-bond donors (Lipinski definition) is 0. The summed E-state index contributed by atoms with van der Waals surface area (Å²) in [4.78, 5) is 16.8. The molecule has 2 fully saturated rings. The smallest absolute Gasteiger partial charge is 0.248 e. The summed E-state index contributed by atoms with van der Waals surface area (Å²) >= 11 is 0. The highest BCUT2D eigenvalue weighted by atomic mass is 16.7. The summed E-state index contributed by atoms with van der Waals surface area (Å²) in [6.07, 6.45) is 3.24. The molecule has 1 aliphatic carbocycles. The summed E-state index contributed by atoms with van der Waals surface area (Å²) in [5.74, 6) is -0.290. The monoisotopic (exact) mass is 259 g/mol. The van der Waals surface area contributed by atoms with Crippen LogP contribution in [0.2, 0.25) is 0 Å². The Kier molecular flexibility index (Phi) is 6.05. The third-order valence-electron chi connectivity index (χ3n) is 3.49. The van der Waals surface area contributed by atoms with Gasteiger partial charge in [0.15, 0.2) is 5.79 Å². The van der Waals surface area contributed by atoms with Gasteiger partial charge in [-0.1, -0.05) is 13.8 Å². The number of hydrogen-bond acceptors (Lipinski definition) is 4. The Morgan fingerprint density at radius 3 is 2.17 bits per heavy atom. The molecule has 0 aromatic rings. The summed E-state index contributed by atoms with van der Waals surface area (Å²) in [6, 6.07) is 0. The van der Waals surface area contributed by atoms with Crippen LogP contribution in [-0.2, 0) is 19.1 Å². The second-order valence-corrected chi connectivity index (χ2v) is 4.40. The lowest BCUT2D eigenvalue weighted by Crippen LogP contribution is -2.40. The fourth-order valence-corrected chi connectivity index (χ4v) is 2.44. The zero-order valence-electron chi connectivity index (χ0n) is 11.9. The van der Waals surface area contributed by atoms with Crippen molar-refractivity contribution in [3.05, 3.63) is 0 Å². The molecule has 5 heteroatoms. The van der Waals surface area contributed by atoms with Crippen LogP contribution in [0, 0.1) is 5.92 Å². The van der Waals surface area contributed by atoms with E-state index in [1.54, 1.807) is 7.05 Å². The number of carbonyl (C=O) groups is 1. The molecular weight excluding hydrogens is 234 g/mol. The maximum atomic E-state index is 11.9. The summed E-state index contributed by atoms with van der Waals surface area (Å²) in [6.45, 7) is 5.35. The van der Waals surface area contributed by atoms with Crippen LogP contribution in [0.3, 0.4) is 0 Å². The highest BCUT2D eigenvalue weighted by Gasteiger charge is 2.42. The van der Waals surface area contributed by atoms with Gasteiger partial charge in [-0.15, -0.1) is 0 Å². The molecule has 1 heterocycles. The molecule has 1 amide bonds. The van der Waals surface area contributed by atoms with E-state index in [2.05, 4.69) is 0 Å². The van der Waals surface area contributed by atoms with E-state index >= 15 is 0 Å². The summed E-state index contributed by atoms with van der Waals surface area (Å²) in [5, 5.41) is 1.30. The van der Waals surface area contributed by atoms with Crippen LogP contribution in [0.5, 0.6) is 0 Å². The number of amides is 1. The van der Waals surface area contributed by atoms with E-state index in [9.17, 15) is 4.79 Å². The normalized spacial score (nSPS) is 22.4. The maximum absolute atomic E-state index is 11.9. The first kappa shape index (κ1) is 15.4. The van der Waals surface area contributed by atoms with Gasteiger partial charge in [-0.25, -0.2) is 5.06 Å². The highest BCUT2D eigenvalue weighted by molar-refractivity contribution is 5.77. The van der Waals surface area contributed by atoms with E-state index in [1.807, 2.05) is 13.8 Å². The molecule has 1 saturated heterocycles. The molecule has 18 heavy (non-hydrogen) atoms. The Morgan fingerprint density at radius 2 is 1.72 bits per heavy atom. The van der Waals surface area contributed by atoms with Crippen LogP contribution in [0.1, 0.15) is 39.5 Å². The van der Waals surface area contributed by atoms with E-state index in [1.165, 1.54) is 12.2 Å². The zero-order valence-corrected chi connectivity index (χ0v) is 11.9.